The molecule has 0 amide bonds. The van der Waals surface area contributed by atoms with Gasteiger partial charge < -0.3 is 4.90 Å². The molecule has 0 aromatic rings. The Morgan fingerprint density at radius 2 is 1.69 bits per heavy atom. The Morgan fingerprint density at radius 1 is 1.12 bits per heavy atom. The molecule has 1 aliphatic carbocycles. The van der Waals surface area contributed by atoms with E-state index in [1.165, 1.54) is 50.4 Å². The molecule has 1 saturated carbocycles. The van der Waals surface area contributed by atoms with E-state index in [9.17, 15) is 0 Å². The monoisotopic (exact) mass is 237 g/mol. The van der Waals surface area contributed by atoms with Crippen molar-refractivity contribution in [3.05, 3.63) is 25.3 Å². The average Bonchev–Trinajstić information content (AvgIpc) is 2.31. The average molecular weight is 237 g/mol. The minimum atomic E-state index is -0.673. The Kier molecular flexibility index (Phi) is 6.73. The maximum Gasteiger partial charge on any atom is 0.0604 e. The lowest BCUT2D eigenvalue weighted by atomic mass is 9.95. The molecule has 0 heterocycles. The molecule has 0 radical (unpaired) electrons. The SMILES string of the molecule is C=CC[SiH](CC=C)CN(C)C1CCCCC1. The molecule has 0 bridgehead atoms. The van der Waals surface area contributed by atoms with Crippen molar-refractivity contribution in [3.8, 4) is 0 Å². The van der Waals surface area contributed by atoms with Crippen LogP contribution >= 0.6 is 0 Å². The molecule has 1 rings (SSSR count). The normalized spacial score (nSPS) is 17.9. The molecule has 0 atom stereocenters. The molecule has 2 heteroatoms. The van der Waals surface area contributed by atoms with Crippen LogP contribution in [0.2, 0.25) is 12.1 Å². The summed E-state index contributed by atoms with van der Waals surface area (Å²) in [5.74, 6) is 0. The standard InChI is InChI=1S/C14H27NSi/c1-4-11-16(12-5-2)13-15(3)14-9-7-6-8-10-14/h4-5,14,16H,1-2,6-13H2,3H3. The Balaban J connectivity index is 2.35. The molecule has 0 aromatic carbocycles. The van der Waals surface area contributed by atoms with Gasteiger partial charge in [-0.1, -0.05) is 31.4 Å². The molecular formula is C14H27NSi. The highest BCUT2D eigenvalue weighted by molar-refractivity contribution is 6.60. The van der Waals surface area contributed by atoms with Crippen LogP contribution < -0.4 is 0 Å². The number of rotatable bonds is 7. The predicted octanol–water partition coefficient (Wildman–Crippen LogP) is 3.39. The quantitative estimate of drug-likeness (QED) is 0.485. The minimum absolute atomic E-state index is 0.673. The summed E-state index contributed by atoms with van der Waals surface area (Å²) in [6, 6.07) is 3.37. The second-order valence-corrected chi connectivity index (χ2v) is 8.19. The summed E-state index contributed by atoms with van der Waals surface area (Å²) >= 11 is 0. The number of hydrogen-bond donors (Lipinski definition) is 0. The van der Waals surface area contributed by atoms with Crippen LogP contribution in [0.5, 0.6) is 0 Å². The van der Waals surface area contributed by atoms with Gasteiger partial charge in [0.05, 0.1) is 8.80 Å². The number of allylic oxidation sites excluding steroid dienone is 2. The highest BCUT2D eigenvalue weighted by Gasteiger charge is 2.20. The molecule has 0 spiro atoms. The Bertz CT molecular complexity index is 199. The van der Waals surface area contributed by atoms with Crippen LogP contribution in [0.3, 0.4) is 0 Å². The van der Waals surface area contributed by atoms with Crippen molar-refractivity contribution in [2.75, 3.05) is 13.2 Å². The fourth-order valence-electron chi connectivity index (χ4n) is 2.79. The van der Waals surface area contributed by atoms with Gasteiger partial charge in [0, 0.05) is 6.04 Å². The first-order valence-corrected chi connectivity index (χ1v) is 9.15. The first kappa shape index (κ1) is 13.7. The molecule has 0 N–H and O–H groups in total. The zero-order valence-corrected chi connectivity index (χ0v) is 12.0. The van der Waals surface area contributed by atoms with Gasteiger partial charge in [0.15, 0.2) is 0 Å². The molecule has 92 valence electrons. The third-order valence-electron chi connectivity index (χ3n) is 3.74. The lowest BCUT2D eigenvalue weighted by molar-refractivity contribution is 0.216. The van der Waals surface area contributed by atoms with E-state index in [0.29, 0.717) is 0 Å². The molecule has 1 nitrogen and oxygen atoms in total. The van der Waals surface area contributed by atoms with Gasteiger partial charge in [-0.25, -0.2) is 0 Å². The third kappa shape index (κ3) is 4.66. The van der Waals surface area contributed by atoms with Gasteiger partial charge in [0.25, 0.3) is 0 Å². The summed E-state index contributed by atoms with van der Waals surface area (Å²) in [6.45, 7) is 7.77. The summed E-state index contributed by atoms with van der Waals surface area (Å²) in [6.07, 6.45) is 12.7. The summed E-state index contributed by atoms with van der Waals surface area (Å²) in [7, 11) is 1.65. The zero-order chi connectivity index (χ0) is 11.8. The van der Waals surface area contributed by atoms with Gasteiger partial charge in [0.2, 0.25) is 0 Å². The Morgan fingerprint density at radius 3 is 2.19 bits per heavy atom. The Hall–Kier alpha value is -0.343. The van der Waals surface area contributed by atoms with Gasteiger partial charge in [-0.05, 0) is 38.1 Å². The second kappa shape index (κ2) is 7.85. The van der Waals surface area contributed by atoms with Gasteiger partial charge in [-0.3, -0.25) is 0 Å². The summed E-state index contributed by atoms with van der Waals surface area (Å²) in [5.41, 5.74) is 0. The van der Waals surface area contributed by atoms with E-state index in [-0.39, 0.29) is 0 Å². The smallest absolute Gasteiger partial charge is 0.0604 e. The van der Waals surface area contributed by atoms with E-state index in [0.717, 1.165) is 6.04 Å². The molecule has 0 unspecified atom stereocenters. The van der Waals surface area contributed by atoms with Crippen LogP contribution in [0.4, 0.5) is 0 Å². The van der Waals surface area contributed by atoms with Crippen LogP contribution in [0, 0.1) is 0 Å². The predicted molar refractivity (Wildman–Crippen MR) is 76.7 cm³/mol. The van der Waals surface area contributed by atoms with Gasteiger partial charge in [-0.15, -0.1) is 13.2 Å². The van der Waals surface area contributed by atoms with Crippen molar-refractivity contribution in [3.63, 3.8) is 0 Å². The van der Waals surface area contributed by atoms with Gasteiger partial charge in [-0.2, -0.15) is 0 Å². The minimum Gasteiger partial charge on any atom is -0.306 e. The van der Waals surface area contributed by atoms with E-state index >= 15 is 0 Å². The highest BCUT2D eigenvalue weighted by atomic mass is 28.3. The van der Waals surface area contributed by atoms with E-state index in [2.05, 4.69) is 37.3 Å². The number of hydrogen-bond acceptors (Lipinski definition) is 1. The van der Waals surface area contributed by atoms with Crippen LogP contribution in [-0.4, -0.2) is 33.0 Å². The third-order valence-corrected chi connectivity index (χ3v) is 6.84. The summed E-state index contributed by atoms with van der Waals surface area (Å²) in [5, 5.41) is 0. The van der Waals surface area contributed by atoms with E-state index < -0.39 is 8.80 Å². The maximum atomic E-state index is 3.88. The van der Waals surface area contributed by atoms with Crippen molar-refractivity contribution in [2.45, 2.75) is 50.2 Å². The molecule has 0 aliphatic heterocycles. The molecular weight excluding hydrogens is 210 g/mol. The lowest BCUT2D eigenvalue weighted by Gasteiger charge is -2.33. The fraction of sp³-hybridized carbons (Fsp3) is 0.714. The summed E-state index contributed by atoms with van der Waals surface area (Å²) < 4.78 is 0. The van der Waals surface area contributed by atoms with Crippen molar-refractivity contribution < 1.29 is 0 Å². The van der Waals surface area contributed by atoms with E-state index in [1.807, 2.05) is 0 Å². The second-order valence-electron chi connectivity index (χ2n) is 5.15. The van der Waals surface area contributed by atoms with E-state index in [4.69, 9.17) is 0 Å². The topological polar surface area (TPSA) is 3.24 Å². The lowest BCUT2D eigenvalue weighted by Crippen LogP contribution is -2.40. The summed E-state index contributed by atoms with van der Waals surface area (Å²) in [4.78, 5) is 2.63. The van der Waals surface area contributed by atoms with Crippen molar-refractivity contribution in [2.24, 2.45) is 0 Å². The fourth-order valence-corrected chi connectivity index (χ4v) is 5.34. The molecule has 0 saturated heterocycles. The molecule has 1 aliphatic rings. The molecule has 1 fully saturated rings. The molecule has 0 aromatic heterocycles. The van der Waals surface area contributed by atoms with Crippen molar-refractivity contribution in [1.29, 1.82) is 0 Å². The van der Waals surface area contributed by atoms with Crippen molar-refractivity contribution >= 4 is 8.80 Å². The molecule has 16 heavy (non-hydrogen) atoms. The van der Waals surface area contributed by atoms with Crippen LogP contribution in [-0.2, 0) is 0 Å². The van der Waals surface area contributed by atoms with Crippen LogP contribution in [0.25, 0.3) is 0 Å². The van der Waals surface area contributed by atoms with Crippen molar-refractivity contribution in [1.82, 2.24) is 4.90 Å². The zero-order valence-electron chi connectivity index (χ0n) is 10.8. The van der Waals surface area contributed by atoms with Crippen LogP contribution in [0.15, 0.2) is 25.3 Å². The Labute approximate surface area is 103 Å². The highest BCUT2D eigenvalue weighted by Crippen LogP contribution is 2.22. The first-order valence-electron chi connectivity index (χ1n) is 6.70. The van der Waals surface area contributed by atoms with Gasteiger partial charge >= 0.3 is 0 Å². The largest absolute Gasteiger partial charge is 0.306 e. The van der Waals surface area contributed by atoms with Crippen LogP contribution in [0.1, 0.15) is 32.1 Å². The number of nitrogens with zero attached hydrogens (tertiary/aromatic N) is 1. The van der Waals surface area contributed by atoms with E-state index in [1.54, 1.807) is 0 Å². The maximum absolute atomic E-state index is 3.88. The van der Waals surface area contributed by atoms with Gasteiger partial charge in [0.1, 0.15) is 0 Å². The first-order chi connectivity index (χ1) is 7.77.